The van der Waals surface area contributed by atoms with E-state index in [0.717, 1.165) is 11.1 Å². The van der Waals surface area contributed by atoms with E-state index in [-0.39, 0.29) is 5.03 Å². The highest BCUT2D eigenvalue weighted by Crippen LogP contribution is 2.28. The van der Waals surface area contributed by atoms with Gasteiger partial charge < -0.3 is 9.47 Å². The molecule has 9 heteroatoms. The molecule has 0 aliphatic carbocycles. The number of rotatable bonds is 7. The van der Waals surface area contributed by atoms with Gasteiger partial charge >= 0.3 is 0 Å². The molecule has 0 bridgehead atoms. The van der Waals surface area contributed by atoms with E-state index in [4.69, 9.17) is 9.47 Å². The van der Waals surface area contributed by atoms with Gasteiger partial charge in [0, 0.05) is 10.9 Å². The van der Waals surface area contributed by atoms with Gasteiger partial charge in [0.05, 0.1) is 7.11 Å². The normalized spacial score (nSPS) is 11.1. The maximum Gasteiger partial charge on any atom is 0.282 e. The number of ether oxygens (including phenoxy) is 2. The van der Waals surface area contributed by atoms with Crippen LogP contribution < -0.4 is 14.2 Å². The molecule has 1 N–H and O–H groups in total. The van der Waals surface area contributed by atoms with Crippen LogP contribution in [0.3, 0.4) is 0 Å². The maximum atomic E-state index is 12.4. The van der Waals surface area contributed by atoms with E-state index in [1.807, 2.05) is 42.0 Å². The van der Waals surface area contributed by atoms with Crippen LogP contribution in [0.25, 0.3) is 10.6 Å². The first kappa shape index (κ1) is 19.8. The van der Waals surface area contributed by atoms with Crippen LogP contribution >= 0.6 is 11.3 Å². The molecule has 7 nitrogen and oxygen atoms in total. The quantitative estimate of drug-likeness (QED) is 0.634. The molecule has 0 saturated carbocycles. The summed E-state index contributed by atoms with van der Waals surface area (Å²) in [5, 5.41) is 1.73. The lowest BCUT2D eigenvalue weighted by atomic mass is 10.2. The third-order valence-corrected chi connectivity index (χ3v) is 6.00. The van der Waals surface area contributed by atoms with Crippen molar-refractivity contribution in [3.63, 3.8) is 0 Å². The first-order chi connectivity index (χ1) is 13.4. The molecule has 0 aliphatic heterocycles. The molecule has 0 unspecified atom stereocenters. The van der Waals surface area contributed by atoms with Crippen molar-refractivity contribution in [2.24, 2.45) is 0 Å². The Labute approximate surface area is 167 Å². The van der Waals surface area contributed by atoms with E-state index >= 15 is 0 Å². The Bertz CT molecular complexity index is 1080. The largest absolute Gasteiger partial charge is 0.493 e. The Hall–Kier alpha value is -2.91. The predicted molar refractivity (Wildman–Crippen MR) is 106 cm³/mol. The molecule has 0 radical (unpaired) electrons. The summed E-state index contributed by atoms with van der Waals surface area (Å²) in [7, 11) is -2.60. The first-order valence-electron chi connectivity index (χ1n) is 8.23. The van der Waals surface area contributed by atoms with E-state index in [1.165, 1.54) is 23.8 Å². The van der Waals surface area contributed by atoms with Gasteiger partial charge in [0.25, 0.3) is 15.9 Å². The maximum absolute atomic E-state index is 12.4. The fourth-order valence-electron chi connectivity index (χ4n) is 2.36. The second-order valence-corrected chi connectivity index (χ2v) is 8.32. The van der Waals surface area contributed by atoms with E-state index < -0.39 is 22.5 Å². The number of aromatic nitrogens is 1. The Morgan fingerprint density at radius 1 is 1.14 bits per heavy atom. The smallest absolute Gasteiger partial charge is 0.282 e. The van der Waals surface area contributed by atoms with Gasteiger partial charge in [-0.25, -0.2) is 9.71 Å². The van der Waals surface area contributed by atoms with Gasteiger partial charge in [0.15, 0.2) is 23.1 Å². The number of aryl methyl sites for hydroxylation is 1. The summed E-state index contributed by atoms with van der Waals surface area (Å²) in [6.45, 7) is 1.41. The highest BCUT2D eigenvalue weighted by molar-refractivity contribution is 7.90. The number of carbonyl (C=O) groups excluding carboxylic acids is 1. The van der Waals surface area contributed by atoms with Gasteiger partial charge in [-0.1, -0.05) is 36.4 Å². The van der Waals surface area contributed by atoms with Crippen molar-refractivity contribution in [1.29, 1.82) is 0 Å². The molecule has 3 aromatic rings. The molecule has 0 atom stereocenters. The molecule has 146 valence electrons. The lowest BCUT2D eigenvalue weighted by Crippen LogP contribution is -2.34. The van der Waals surface area contributed by atoms with Gasteiger partial charge in [0.1, 0.15) is 5.01 Å². The molecular weight excluding hydrogens is 400 g/mol. The van der Waals surface area contributed by atoms with Crippen LogP contribution in [-0.4, -0.2) is 33.0 Å². The molecule has 1 aromatic heterocycles. The Morgan fingerprint density at radius 3 is 2.61 bits per heavy atom. The van der Waals surface area contributed by atoms with Crippen molar-refractivity contribution in [2.45, 2.75) is 11.9 Å². The average molecular weight is 418 g/mol. The zero-order valence-corrected chi connectivity index (χ0v) is 16.8. The monoisotopic (exact) mass is 418 g/mol. The first-order valence-corrected chi connectivity index (χ1v) is 10.6. The fraction of sp³-hybridized carbons (Fsp3) is 0.158. The minimum atomic E-state index is -4.08. The van der Waals surface area contributed by atoms with Crippen molar-refractivity contribution in [3.05, 3.63) is 59.5 Å². The number of carbonyl (C=O) groups is 1. The lowest BCUT2D eigenvalue weighted by molar-refractivity contribution is -0.121. The molecular formula is C19H18N2O5S2. The Morgan fingerprint density at radius 2 is 1.89 bits per heavy atom. The van der Waals surface area contributed by atoms with Crippen molar-refractivity contribution >= 4 is 27.3 Å². The summed E-state index contributed by atoms with van der Waals surface area (Å²) >= 11 is 1.18. The molecule has 0 fully saturated rings. The zero-order valence-electron chi connectivity index (χ0n) is 15.2. The second-order valence-electron chi connectivity index (χ2n) is 5.83. The van der Waals surface area contributed by atoms with Crippen molar-refractivity contribution in [2.75, 3.05) is 13.7 Å². The summed E-state index contributed by atoms with van der Waals surface area (Å²) < 4.78 is 37.3. The van der Waals surface area contributed by atoms with E-state index in [1.54, 1.807) is 18.2 Å². The van der Waals surface area contributed by atoms with E-state index in [0.29, 0.717) is 16.5 Å². The molecule has 28 heavy (non-hydrogen) atoms. The minimum Gasteiger partial charge on any atom is -0.493 e. The number of benzene rings is 2. The summed E-state index contributed by atoms with van der Waals surface area (Å²) in [6.07, 6.45) is 0. The van der Waals surface area contributed by atoms with Gasteiger partial charge in [-0.2, -0.15) is 8.42 Å². The SMILES string of the molecule is COc1cc(C)ccc1OCC(=O)NS(=O)(=O)c1csc(-c2ccccc2)n1. The minimum absolute atomic E-state index is 0.211. The second kappa shape index (κ2) is 8.41. The number of nitrogens with zero attached hydrogens (tertiary/aromatic N) is 1. The van der Waals surface area contributed by atoms with E-state index in [9.17, 15) is 13.2 Å². The third-order valence-electron chi connectivity index (χ3n) is 3.71. The van der Waals surface area contributed by atoms with E-state index in [2.05, 4.69) is 4.98 Å². The highest BCUT2D eigenvalue weighted by atomic mass is 32.2. The Balaban J connectivity index is 1.66. The van der Waals surface area contributed by atoms with Crippen LogP contribution in [0, 0.1) is 6.92 Å². The number of thiazole rings is 1. The fourth-order valence-corrected chi connectivity index (χ4v) is 4.44. The van der Waals surface area contributed by atoms with Gasteiger partial charge in [-0.3, -0.25) is 4.79 Å². The van der Waals surface area contributed by atoms with Gasteiger partial charge in [-0.15, -0.1) is 11.3 Å². The summed E-state index contributed by atoms with van der Waals surface area (Å²) in [5.41, 5.74) is 1.77. The average Bonchev–Trinajstić information content (AvgIpc) is 3.18. The topological polar surface area (TPSA) is 94.6 Å². The summed E-state index contributed by atoms with van der Waals surface area (Å²) in [5.74, 6) is 0.000204. The lowest BCUT2D eigenvalue weighted by Gasteiger charge is -2.11. The van der Waals surface area contributed by atoms with Crippen LogP contribution in [0.2, 0.25) is 0 Å². The number of hydrogen-bond acceptors (Lipinski definition) is 7. The molecule has 0 spiro atoms. The molecule has 3 rings (SSSR count). The molecule has 1 heterocycles. The van der Waals surface area contributed by atoms with Crippen LogP contribution in [0.15, 0.2) is 58.9 Å². The Kier molecular flexibility index (Phi) is 5.96. The highest BCUT2D eigenvalue weighted by Gasteiger charge is 2.22. The zero-order chi connectivity index (χ0) is 20.1. The molecule has 0 saturated heterocycles. The van der Waals surface area contributed by atoms with Crippen LogP contribution in [-0.2, 0) is 14.8 Å². The van der Waals surface area contributed by atoms with Crippen molar-refractivity contribution in [3.8, 4) is 22.1 Å². The number of sulfonamides is 1. The van der Waals surface area contributed by atoms with Crippen molar-refractivity contribution in [1.82, 2.24) is 9.71 Å². The van der Waals surface area contributed by atoms with Crippen LogP contribution in [0.4, 0.5) is 0 Å². The molecule has 1 amide bonds. The third kappa shape index (κ3) is 4.68. The number of nitrogens with one attached hydrogen (secondary N) is 1. The predicted octanol–water partition coefficient (Wildman–Crippen LogP) is 3.01. The molecule has 0 aliphatic rings. The van der Waals surface area contributed by atoms with Gasteiger partial charge in [0.2, 0.25) is 0 Å². The van der Waals surface area contributed by atoms with Crippen molar-refractivity contribution < 1.29 is 22.7 Å². The van der Waals surface area contributed by atoms with Crippen LogP contribution in [0.1, 0.15) is 5.56 Å². The number of hydrogen-bond donors (Lipinski definition) is 1. The van der Waals surface area contributed by atoms with Gasteiger partial charge in [-0.05, 0) is 24.6 Å². The standard InChI is InChI=1S/C19H18N2O5S2/c1-13-8-9-15(16(10-13)25-2)26-11-17(22)21-28(23,24)18-12-27-19(20-18)14-6-4-3-5-7-14/h3-10,12H,11H2,1-2H3,(H,21,22). The summed E-state index contributed by atoms with van der Waals surface area (Å²) in [6, 6.07) is 14.4. The number of amides is 1. The molecule has 2 aromatic carbocycles. The number of methoxy groups -OCH3 is 1. The van der Waals surface area contributed by atoms with Crippen LogP contribution in [0.5, 0.6) is 11.5 Å². The summed E-state index contributed by atoms with van der Waals surface area (Å²) in [4.78, 5) is 16.2.